The van der Waals surface area contributed by atoms with Crippen LogP contribution in [0.25, 0.3) is 12.2 Å². The van der Waals surface area contributed by atoms with Crippen LogP contribution in [0, 0.1) is 10.8 Å². The van der Waals surface area contributed by atoms with E-state index in [0.717, 1.165) is 11.1 Å². The Morgan fingerprint density at radius 3 is 1.06 bits per heavy atom. The molecule has 192 valence electrons. The third-order valence-electron chi connectivity index (χ3n) is 6.76. The van der Waals surface area contributed by atoms with Gasteiger partial charge in [0.05, 0.1) is 11.6 Å². The van der Waals surface area contributed by atoms with E-state index < -0.39 is 0 Å². The molecule has 2 nitrogen and oxygen atoms in total. The topological polar surface area (TPSA) is 47.7 Å². The Labute approximate surface area is 228 Å². The summed E-state index contributed by atoms with van der Waals surface area (Å²) in [6, 6.07) is 8.95. The van der Waals surface area contributed by atoms with Crippen LogP contribution in [0.3, 0.4) is 0 Å². The fourth-order valence-corrected chi connectivity index (χ4v) is 4.91. The van der Waals surface area contributed by atoms with Gasteiger partial charge in [-0.3, -0.25) is 0 Å². The van der Waals surface area contributed by atoms with E-state index in [2.05, 4.69) is 92.8 Å². The molecular weight excluding hydrogens is 519 g/mol. The summed E-state index contributed by atoms with van der Waals surface area (Å²) in [6.45, 7) is 27.6. The molecule has 2 aromatic carbocycles. The van der Waals surface area contributed by atoms with Crippen molar-refractivity contribution in [3.63, 3.8) is 0 Å². The fourth-order valence-electron chi connectivity index (χ4n) is 4.91. The first kappa shape index (κ1) is 31.0. The SMILES string of the molecule is C=Cc1cc(C(C)C)c(C(C(=N)C(C)=N)c2c(C(C)C)cc(C=C)cc2C(C)C)c(C(C)C)c1.[Pd]. The Morgan fingerprint density at radius 1 is 0.629 bits per heavy atom. The van der Waals surface area contributed by atoms with Gasteiger partial charge >= 0.3 is 0 Å². The van der Waals surface area contributed by atoms with E-state index in [9.17, 15) is 5.41 Å². The van der Waals surface area contributed by atoms with Crippen molar-refractivity contribution in [1.82, 2.24) is 0 Å². The van der Waals surface area contributed by atoms with Crippen molar-refractivity contribution in [2.24, 2.45) is 0 Å². The Kier molecular flexibility index (Phi) is 11.3. The van der Waals surface area contributed by atoms with Crippen LogP contribution in [0.15, 0.2) is 37.4 Å². The molecular formula is C32H44N2Pd. The van der Waals surface area contributed by atoms with E-state index in [4.69, 9.17) is 5.41 Å². The van der Waals surface area contributed by atoms with Crippen molar-refractivity contribution >= 4 is 23.6 Å². The summed E-state index contributed by atoms with van der Waals surface area (Å²) < 4.78 is 0. The van der Waals surface area contributed by atoms with Crippen LogP contribution >= 0.6 is 0 Å². The number of nitrogens with one attached hydrogen (secondary N) is 2. The molecule has 0 saturated heterocycles. The van der Waals surface area contributed by atoms with Gasteiger partial charge < -0.3 is 10.8 Å². The largest absolute Gasteiger partial charge is 0.304 e. The smallest absolute Gasteiger partial charge is 0.0637 e. The minimum atomic E-state index is -0.292. The molecule has 0 saturated carbocycles. The number of benzene rings is 2. The van der Waals surface area contributed by atoms with Crippen molar-refractivity contribution in [2.75, 3.05) is 0 Å². The molecule has 2 rings (SSSR count). The van der Waals surface area contributed by atoms with Crippen LogP contribution in [0.5, 0.6) is 0 Å². The maximum atomic E-state index is 9.26. The Bertz CT molecular complexity index is 969. The zero-order valence-corrected chi connectivity index (χ0v) is 24.6. The van der Waals surface area contributed by atoms with E-state index in [0.29, 0.717) is 11.4 Å². The monoisotopic (exact) mass is 562 g/mol. The summed E-state index contributed by atoms with van der Waals surface area (Å²) in [5.74, 6) is 0.842. The van der Waals surface area contributed by atoms with Crippen molar-refractivity contribution < 1.29 is 20.4 Å². The molecule has 35 heavy (non-hydrogen) atoms. The number of hydrogen-bond donors (Lipinski definition) is 2. The Morgan fingerprint density at radius 2 is 0.886 bits per heavy atom. The second kappa shape index (κ2) is 12.8. The van der Waals surface area contributed by atoms with Gasteiger partial charge in [-0.15, -0.1) is 0 Å². The maximum absolute atomic E-state index is 9.26. The van der Waals surface area contributed by atoms with Gasteiger partial charge in [-0.1, -0.05) is 105 Å². The van der Waals surface area contributed by atoms with Crippen LogP contribution in [0.1, 0.15) is 136 Å². The van der Waals surface area contributed by atoms with Crippen LogP contribution in [0.4, 0.5) is 0 Å². The summed E-state index contributed by atoms with van der Waals surface area (Å²) >= 11 is 0. The second-order valence-corrected chi connectivity index (χ2v) is 10.7. The first-order chi connectivity index (χ1) is 15.8. The van der Waals surface area contributed by atoms with E-state index in [1.54, 1.807) is 6.92 Å². The van der Waals surface area contributed by atoms with E-state index >= 15 is 0 Å². The van der Waals surface area contributed by atoms with Crippen LogP contribution in [-0.4, -0.2) is 11.4 Å². The van der Waals surface area contributed by atoms with E-state index in [-0.39, 0.29) is 50.0 Å². The first-order valence-corrected chi connectivity index (χ1v) is 12.6. The number of hydrogen-bond acceptors (Lipinski definition) is 2. The second-order valence-electron chi connectivity index (χ2n) is 10.7. The Hall–Kier alpha value is -2.08. The average Bonchev–Trinajstić information content (AvgIpc) is 2.77. The first-order valence-electron chi connectivity index (χ1n) is 12.6. The minimum absolute atomic E-state index is 0. The van der Waals surface area contributed by atoms with Crippen LogP contribution in [0.2, 0.25) is 0 Å². The molecule has 0 bridgehead atoms. The molecule has 0 radical (unpaired) electrons. The summed E-state index contributed by atoms with van der Waals surface area (Å²) in [5.41, 5.74) is 10.3. The molecule has 0 fully saturated rings. The molecule has 0 aliphatic heterocycles. The van der Waals surface area contributed by atoms with Crippen molar-refractivity contribution in [2.45, 2.75) is 91.9 Å². The molecule has 0 aromatic heterocycles. The Balaban J connectivity index is 0.00000612. The third kappa shape index (κ3) is 6.58. The van der Waals surface area contributed by atoms with E-state index in [1.807, 2.05) is 12.2 Å². The number of rotatable bonds is 10. The van der Waals surface area contributed by atoms with Crippen LogP contribution in [-0.2, 0) is 20.4 Å². The summed E-state index contributed by atoms with van der Waals surface area (Å²) in [7, 11) is 0. The van der Waals surface area contributed by atoms with Crippen molar-refractivity contribution in [1.29, 1.82) is 10.8 Å². The molecule has 0 heterocycles. The normalized spacial score (nSPS) is 11.4. The fraction of sp³-hybridized carbons (Fsp3) is 0.438. The molecule has 0 unspecified atom stereocenters. The van der Waals surface area contributed by atoms with Gasteiger partial charge in [-0.05, 0) is 75.1 Å². The summed E-state index contributed by atoms with van der Waals surface area (Å²) in [4.78, 5) is 0. The molecule has 2 aromatic rings. The molecule has 0 aliphatic carbocycles. The van der Waals surface area contributed by atoms with Gasteiger partial charge in [0.1, 0.15) is 0 Å². The molecule has 0 amide bonds. The predicted molar refractivity (Wildman–Crippen MR) is 152 cm³/mol. The molecule has 0 aliphatic rings. The van der Waals surface area contributed by atoms with Gasteiger partial charge in [-0.25, -0.2) is 0 Å². The summed E-state index contributed by atoms with van der Waals surface area (Å²) in [5, 5.41) is 17.8. The summed E-state index contributed by atoms with van der Waals surface area (Å²) in [6.07, 6.45) is 3.84. The van der Waals surface area contributed by atoms with Crippen molar-refractivity contribution in [3.8, 4) is 0 Å². The maximum Gasteiger partial charge on any atom is 0.0637 e. The van der Waals surface area contributed by atoms with Crippen molar-refractivity contribution in [3.05, 3.63) is 81.9 Å². The molecule has 3 heteroatoms. The predicted octanol–water partition coefficient (Wildman–Crippen LogP) is 9.66. The van der Waals surface area contributed by atoms with Gasteiger partial charge in [0.15, 0.2) is 0 Å². The third-order valence-corrected chi connectivity index (χ3v) is 6.76. The molecule has 0 atom stereocenters. The van der Waals surface area contributed by atoms with Gasteiger partial charge in [0.25, 0.3) is 0 Å². The minimum Gasteiger partial charge on any atom is -0.304 e. The standard InChI is InChI=1S/C32H44N2.Pd/c1-12-23-14-25(18(3)4)29(26(15-23)19(5)6)31(32(34)22(11)33)30-27(20(7)8)16-24(13-2)17-28(30)21(9)10;/h12-21,31,33-34H,1-2H2,3-11H3;. The molecule has 0 spiro atoms. The van der Waals surface area contributed by atoms with E-state index in [1.165, 1.54) is 33.4 Å². The zero-order valence-electron chi connectivity index (χ0n) is 23.1. The quantitative estimate of drug-likeness (QED) is 0.214. The van der Waals surface area contributed by atoms with Gasteiger partial charge in [0.2, 0.25) is 0 Å². The molecule has 2 N–H and O–H groups in total. The van der Waals surface area contributed by atoms with Crippen LogP contribution < -0.4 is 0 Å². The van der Waals surface area contributed by atoms with Gasteiger partial charge in [-0.2, -0.15) is 0 Å². The van der Waals surface area contributed by atoms with Gasteiger partial charge in [0, 0.05) is 26.1 Å². The zero-order chi connectivity index (χ0) is 25.9. The average molecular weight is 563 g/mol.